The number of carbonyl (C=O) groups excluding carboxylic acids is 3. The number of Topliss-reactive ketones (excluding diaryl/α,β-unsaturated/α-hetero) is 1. The number of rotatable bonds is 7. The van der Waals surface area contributed by atoms with Crippen LogP contribution in [0.3, 0.4) is 0 Å². The molecule has 0 fully saturated rings. The molecule has 0 radical (unpaired) electrons. The van der Waals surface area contributed by atoms with Crippen LogP contribution in [0.15, 0.2) is 54.6 Å². The summed E-state index contributed by atoms with van der Waals surface area (Å²) in [7, 11) is 0. The molecule has 148 valence electrons. The minimum absolute atomic E-state index is 0.267. The van der Waals surface area contributed by atoms with Crippen molar-refractivity contribution in [3.63, 3.8) is 0 Å². The Morgan fingerprint density at radius 1 is 1.04 bits per heavy atom. The first-order valence-corrected chi connectivity index (χ1v) is 8.35. The van der Waals surface area contributed by atoms with Gasteiger partial charge in [-0.1, -0.05) is 36.4 Å². The molecule has 0 aliphatic carbocycles. The van der Waals surface area contributed by atoms with Crippen molar-refractivity contribution in [3.05, 3.63) is 71.3 Å². The molecule has 0 saturated carbocycles. The van der Waals surface area contributed by atoms with E-state index in [1.165, 1.54) is 6.92 Å². The van der Waals surface area contributed by atoms with Crippen molar-refractivity contribution in [3.8, 4) is 0 Å². The van der Waals surface area contributed by atoms with Crippen molar-refractivity contribution in [2.45, 2.75) is 25.6 Å². The number of nitrogens with one attached hydrogen (secondary N) is 1. The molecule has 0 spiro atoms. The lowest BCUT2D eigenvalue weighted by atomic mass is 10.0. The molecule has 0 saturated heterocycles. The Bertz CT molecular complexity index is 850. The van der Waals surface area contributed by atoms with E-state index in [1.54, 1.807) is 24.3 Å². The molecule has 2 aromatic carbocycles. The van der Waals surface area contributed by atoms with Gasteiger partial charge < -0.3 is 10.1 Å². The van der Waals surface area contributed by atoms with Gasteiger partial charge in [0, 0.05) is 0 Å². The summed E-state index contributed by atoms with van der Waals surface area (Å²) in [5, 5.41) is 2.46. The van der Waals surface area contributed by atoms with Crippen LogP contribution >= 0.6 is 0 Å². The number of benzene rings is 2. The quantitative estimate of drug-likeness (QED) is 0.734. The van der Waals surface area contributed by atoms with Crippen LogP contribution in [0, 0.1) is 0 Å². The average molecular weight is 393 g/mol. The summed E-state index contributed by atoms with van der Waals surface area (Å²) >= 11 is 0. The van der Waals surface area contributed by atoms with Gasteiger partial charge >= 0.3 is 12.1 Å². The first kappa shape index (κ1) is 21.1. The maximum absolute atomic E-state index is 12.7. The van der Waals surface area contributed by atoms with Crippen LogP contribution < -0.4 is 5.32 Å². The molecule has 0 heterocycles. The molecule has 0 aromatic heterocycles. The molecule has 1 N–H and O–H groups in total. The molecule has 0 aliphatic heterocycles. The Morgan fingerprint density at radius 3 is 2.32 bits per heavy atom. The standard InChI is InChI=1S/C20H18F3NO4/c1-13(25)17(10-14-6-3-2-4-7-14)24-18(26)12-28-19(27)15-8-5-9-16(11-15)20(21,22)23/h2-9,11,17H,10,12H2,1H3,(H,24,26)/t17-/m0/s1. The second-order valence-corrected chi connectivity index (χ2v) is 6.08. The highest BCUT2D eigenvalue weighted by Crippen LogP contribution is 2.29. The summed E-state index contributed by atoms with van der Waals surface area (Å²) in [6, 6.07) is 11.9. The van der Waals surface area contributed by atoms with E-state index < -0.39 is 36.3 Å². The van der Waals surface area contributed by atoms with Gasteiger partial charge in [0.05, 0.1) is 17.2 Å². The van der Waals surface area contributed by atoms with Crippen LogP contribution in [0.25, 0.3) is 0 Å². The lowest BCUT2D eigenvalue weighted by molar-refractivity contribution is -0.137. The van der Waals surface area contributed by atoms with E-state index in [0.29, 0.717) is 6.07 Å². The molecular formula is C20H18F3NO4. The van der Waals surface area contributed by atoms with E-state index in [2.05, 4.69) is 5.32 Å². The fraction of sp³-hybridized carbons (Fsp3) is 0.250. The van der Waals surface area contributed by atoms with Crippen molar-refractivity contribution < 1.29 is 32.3 Å². The van der Waals surface area contributed by atoms with Gasteiger partial charge in [-0.05, 0) is 37.1 Å². The first-order valence-electron chi connectivity index (χ1n) is 8.35. The van der Waals surface area contributed by atoms with E-state index in [4.69, 9.17) is 4.74 Å². The minimum Gasteiger partial charge on any atom is -0.452 e. The lowest BCUT2D eigenvalue weighted by Gasteiger charge is -2.16. The predicted octanol–water partition coefficient (Wildman–Crippen LogP) is 3.18. The molecule has 5 nitrogen and oxygen atoms in total. The summed E-state index contributed by atoms with van der Waals surface area (Å²) < 4.78 is 42.8. The Labute approximate surface area is 159 Å². The second-order valence-electron chi connectivity index (χ2n) is 6.08. The van der Waals surface area contributed by atoms with Gasteiger partial charge in [-0.2, -0.15) is 13.2 Å². The third-order valence-electron chi connectivity index (χ3n) is 3.87. The number of halogens is 3. The number of hydrogen-bond donors (Lipinski definition) is 1. The van der Waals surface area contributed by atoms with Gasteiger partial charge in [-0.25, -0.2) is 4.79 Å². The zero-order chi connectivity index (χ0) is 20.7. The number of amides is 1. The van der Waals surface area contributed by atoms with Crippen molar-refractivity contribution in [1.82, 2.24) is 5.32 Å². The maximum Gasteiger partial charge on any atom is 0.416 e. The summed E-state index contributed by atoms with van der Waals surface area (Å²) in [4.78, 5) is 35.6. The molecule has 0 aliphatic rings. The molecule has 2 aromatic rings. The Hall–Kier alpha value is -3.16. The zero-order valence-electron chi connectivity index (χ0n) is 15.0. The zero-order valence-corrected chi connectivity index (χ0v) is 15.0. The fourth-order valence-electron chi connectivity index (χ4n) is 2.42. The number of ketones is 1. The molecular weight excluding hydrogens is 375 g/mol. The number of hydrogen-bond acceptors (Lipinski definition) is 4. The van der Waals surface area contributed by atoms with Gasteiger partial charge in [0.2, 0.25) is 0 Å². The Balaban J connectivity index is 1.93. The summed E-state index contributed by atoms with van der Waals surface area (Å²) in [6.07, 6.45) is -4.33. The van der Waals surface area contributed by atoms with Gasteiger partial charge in [-0.3, -0.25) is 9.59 Å². The Kier molecular flexibility index (Phi) is 6.92. The van der Waals surface area contributed by atoms with Crippen molar-refractivity contribution in [2.75, 3.05) is 6.61 Å². The van der Waals surface area contributed by atoms with E-state index in [0.717, 1.165) is 23.8 Å². The summed E-state index contributed by atoms with van der Waals surface area (Å²) in [6.45, 7) is 0.607. The normalized spacial score (nSPS) is 12.1. The Morgan fingerprint density at radius 2 is 1.71 bits per heavy atom. The highest BCUT2D eigenvalue weighted by molar-refractivity contribution is 5.92. The third-order valence-corrected chi connectivity index (χ3v) is 3.87. The van der Waals surface area contributed by atoms with Crippen LogP contribution in [-0.4, -0.2) is 30.3 Å². The molecule has 0 unspecified atom stereocenters. The largest absolute Gasteiger partial charge is 0.452 e. The van der Waals surface area contributed by atoms with Gasteiger partial charge in [0.1, 0.15) is 0 Å². The van der Waals surface area contributed by atoms with E-state index in [-0.39, 0.29) is 17.8 Å². The van der Waals surface area contributed by atoms with Gasteiger partial charge in [0.25, 0.3) is 5.91 Å². The molecule has 8 heteroatoms. The molecule has 1 atom stereocenters. The van der Waals surface area contributed by atoms with Crippen LogP contribution in [0.1, 0.15) is 28.4 Å². The van der Waals surface area contributed by atoms with Crippen LogP contribution in [-0.2, 0) is 26.9 Å². The minimum atomic E-state index is -4.60. The monoisotopic (exact) mass is 393 g/mol. The summed E-state index contributed by atoms with van der Waals surface area (Å²) in [5.74, 6) is -2.07. The van der Waals surface area contributed by atoms with Crippen LogP contribution in [0.2, 0.25) is 0 Å². The fourth-order valence-corrected chi connectivity index (χ4v) is 2.42. The topological polar surface area (TPSA) is 72.5 Å². The van der Waals surface area contributed by atoms with Gasteiger partial charge in [0.15, 0.2) is 12.4 Å². The average Bonchev–Trinajstić information content (AvgIpc) is 2.65. The highest BCUT2D eigenvalue weighted by atomic mass is 19.4. The highest BCUT2D eigenvalue weighted by Gasteiger charge is 2.31. The SMILES string of the molecule is CC(=O)[C@H](Cc1ccccc1)NC(=O)COC(=O)c1cccc(C(F)(F)F)c1. The number of ether oxygens (including phenoxy) is 1. The van der Waals surface area contributed by atoms with Crippen molar-refractivity contribution >= 4 is 17.7 Å². The lowest BCUT2D eigenvalue weighted by Crippen LogP contribution is -2.43. The molecule has 1 amide bonds. The van der Waals surface area contributed by atoms with E-state index in [1.807, 2.05) is 6.07 Å². The van der Waals surface area contributed by atoms with Crippen molar-refractivity contribution in [1.29, 1.82) is 0 Å². The van der Waals surface area contributed by atoms with Crippen LogP contribution in [0.4, 0.5) is 13.2 Å². The number of esters is 1. The maximum atomic E-state index is 12.7. The van der Waals surface area contributed by atoms with Crippen molar-refractivity contribution in [2.24, 2.45) is 0 Å². The smallest absolute Gasteiger partial charge is 0.416 e. The molecule has 28 heavy (non-hydrogen) atoms. The number of carbonyl (C=O) groups is 3. The molecule has 2 rings (SSSR count). The number of alkyl halides is 3. The van der Waals surface area contributed by atoms with E-state index in [9.17, 15) is 27.6 Å². The molecule has 0 bridgehead atoms. The van der Waals surface area contributed by atoms with E-state index >= 15 is 0 Å². The predicted molar refractivity (Wildman–Crippen MR) is 94.5 cm³/mol. The summed E-state index contributed by atoms with van der Waals surface area (Å²) in [5.41, 5.74) is -0.482. The first-order chi connectivity index (χ1) is 13.2. The second kappa shape index (κ2) is 9.16. The van der Waals surface area contributed by atoms with Gasteiger partial charge in [-0.15, -0.1) is 0 Å². The van der Waals surface area contributed by atoms with Crippen LogP contribution in [0.5, 0.6) is 0 Å². The third kappa shape index (κ3) is 6.22.